The van der Waals surface area contributed by atoms with Gasteiger partial charge in [0.15, 0.2) is 5.69 Å². The van der Waals surface area contributed by atoms with E-state index in [4.69, 9.17) is 4.74 Å². The number of amides is 1. The lowest BCUT2D eigenvalue weighted by molar-refractivity contribution is 0.0940. The first-order valence-corrected chi connectivity index (χ1v) is 11.3. The number of fused-ring (bicyclic) bond motifs is 1. The molecule has 0 saturated carbocycles. The number of hydrogen-bond acceptors (Lipinski definition) is 6. The summed E-state index contributed by atoms with van der Waals surface area (Å²) in [6, 6.07) is 14.6. The Morgan fingerprint density at radius 3 is 2.56 bits per heavy atom. The standard InChI is InChI=1S/C21H19FN4O5S/c22-16-8-6-14(7-9-16)12-23-19(27)17-18(31-13-15-4-2-1-3-5-15)20(28)26-10-11-32(29,30)25-21(26)24-17/h1-9H,10-13H2,(H,23,27)(H,24,25). The highest BCUT2D eigenvalue weighted by Gasteiger charge is 2.28. The van der Waals surface area contributed by atoms with E-state index in [0.29, 0.717) is 5.56 Å². The first-order valence-electron chi connectivity index (χ1n) is 9.67. The summed E-state index contributed by atoms with van der Waals surface area (Å²) in [5.41, 5.74) is 0.388. The maximum atomic E-state index is 13.1. The zero-order valence-electron chi connectivity index (χ0n) is 16.7. The number of sulfonamides is 1. The van der Waals surface area contributed by atoms with E-state index in [1.165, 1.54) is 24.3 Å². The predicted octanol–water partition coefficient (Wildman–Crippen LogP) is 1.65. The number of halogens is 1. The molecule has 0 radical (unpaired) electrons. The Morgan fingerprint density at radius 1 is 1.12 bits per heavy atom. The minimum atomic E-state index is -3.66. The molecule has 0 unspecified atom stereocenters. The number of anilines is 1. The van der Waals surface area contributed by atoms with Crippen molar-refractivity contribution in [2.45, 2.75) is 19.7 Å². The summed E-state index contributed by atoms with van der Waals surface area (Å²) in [6.07, 6.45) is 0. The van der Waals surface area contributed by atoms with E-state index in [9.17, 15) is 22.4 Å². The lowest BCUT2D eigenvalue weighted by Gasteiger charge is -2.21. The number of nitrogens with one attached hydrogen (secondary N) is 2. The summed E-state index contributed by atoms with van der Waals surface area (Å²) >= 11 is 0. The van der Waals surface area contributed by atoms with Gasteiger partial charge in [-0.1, -0.05) is 42.5 Å². The molecule has 2 heterocycles. The first kappa shape index (κ1) is 21.5. The Balaban J connectivity index is 1.66. The molecule has 0 atom stereocenters. The van der Waals surface area contributed by atoms with Crippen molar-refractivity contribution in [3.63, 3.8) is 0 Å². The molecule has 32 heavy (non-hydrogen) atoms. The van der Waals surface area contributed by atoms with Crippen LogP contribution in [0.3, 0.4) is 0 Å². The average molecular weight is 458 g/mol. The van der Waals surface area contributed by atoms with Crippen LogP contribution in [0.25, 0.3) is 0 Å². The molecule has 0 bridgehead atoms. The molecule has 0 fully saturated rings. The highest BCUT2D eigenvalue weighted by molar-refractivity contribution is 7.92. The van der Waals surface area contributed by atoms with Crippen LogP contribution in [0.5, 0.6) is 5.75 Å². The lowest BCUT2D eigenvalue weighted by atomic mass is 10.2. The van der Waals surface area contributed by atoms with E-state index in [-0.39, 0.29) is 42.8 Å². The van der Waals surface area contributed by atoms with E-state index in [1.807, 2.05) is 18.2 Å². The zero-order valence-corrected chi connectivity index (χ0v) is 17.6. The summed E-state index contributed by atoms with van der Waals surface area (Å²) in [5, 5.41) is 2.60. The number of carbonyl (C=O) groups excluding carboxylic acids is 1. The van der Waals surface area contributed by atoms with Gasteiger partial charge in [-0.05, 0) is 23.3 Å². The number of hydrogen-bond donors (Lipinski definition) is 2. The average Bonchev–Trinajstić information content (AvgIpc) is 2.77. The van der Waals surface area contributed by atoms with Crippen molar-refractivity contribution in [1.29, 1.82) is 0 Å². The molecule has 9 nitrogen and oxygen atoms in total. The molecule has 3 aromatic rings. The fourth-order valence-corrected chi connectivity index (χ4v) is 4.07. The van der Waals surface area contributed by atoms with Gasteiger partial charge < -0.3 is 10.1 Å². The van der Waals surface area contributed by atoms with Crippen molar-refractivity contribution in [2.75, 3.05) is 10.5 Å². The van der Waals surface area contributed by atoms with Gasteiger partial charge in [0, 0.05) is 13.1 Å². The van der Waals surface area contributed by atoms with Gasteiger partial charge >= 0.3 is 0 Å². The third kappa shape index (κ3) is 4.78. The maximum Gasteiger partial charge on any atom is 0.298 e. The molecule has 11 heteroatoms. The van der Waals surface area contributed by atoms with Gasteiger partial charge in [0.1, 0.15) is 12.4 Å². The SMILES string of the molecule is O=C(NCc1ccc(F)cc1)c1nc2n(c(=O)c1OCc1ccccc1)CCS(=O)(=O)N2. The van der Waals surface area contributed by atoms with Gasteiger partial charge in [-0.2, -0.15) is 0 Å². The molecule has 1 aliphatic rings. The summed E-state index contributed by atoms with van der Waals surface area (Å²) in [4.78, 5) is 30.0. The largest absolute Gasteiger partial charge is 0.481 e. The summed E-state index contributed by atoms with van der Waals surface area (Å²) in [5.74, 6) is -1.97. The third-order valence-corrected chi connectivity index (χ3v) is 5.98. The van der Waals surface area contributed by atoms with Crippen LogP contribution in [0, 0.1) is 5.82 Å². The summed E-state index contributed by atoms with van der Waals surface area (Å²) < 4.78 is 45.9. The minimum Gasteiger partial charge on any atom is -0.481 e. The van der Waals surface area contributed by atoms with E-state index >= 15 is 0 Å². The van der Waals surface area contributed by atoms with Crippen LogP contribution < -0.4 is 20.3 Å². The fraction of sp³-hybridized carbons (Fsp3) is 0.190. The van der Waals surface area contributed by atoms with E-state index in [1.54, 1.807) is 12.1 Å². The van der Waals surface area contributed by atoms with Gasteiger partial charge in [0.05, 0.1) is 5.75 Å². The number of ether oxygens (including phenoxy) is 1. The van der Waals surface area contributed by atoms with Crippen molar-refractivity contribution in [3.8, 4) is 5.75 Å². The Morgan fingerprint density at radius 2 is 1.84 bits per heavy atom. The molecule has 4 rings (SSSR count). The molecular weight excluding hydrogens is 439 g/mol. The molecule has 0 spiro atoms. The van der Waals surface area contributed by atoms with Crippen LogP contribution >= 0.6 is 0 Å². The van der Waals surface area contributed by atoms with Crippen molar-refractivity contribution in [2.24, 2.45) is 0 Å². The molecule has 1 aliphatic heterocycles. The van der Waals surface area contributed by atoms with E-state index in [0.717, 1.165) is 10.1 Å². The third-order valence-electron chi connectivity index (χ3n) is 4.77. The number of nitrogens with zero attached hydrogens (tertiary/aromatic N) is 2. The Labute approximate surface area is 182 Å². The van der Waals surface area contributed by atoms with E-state index in [2.05, 4.69) is 15.0 Å². The van der Waals surface area contributed by atoms with Crippen LogP contribution in [0.1, 0.15) is 21.6 Å². The summed E-state index contributed by atoms with van der Waals surface area (Å²) in [7, 11) is -3.66. The molecular formula is C21H19FN4O5S. The number of benzene rings is 2. The van der Waals surface area contributed by atoms with Crippen molar-refractivity contribution in [3.05, 3.63) is 87.6 Å². The molecule has 166 valence electrons. The molecule has 2 N–H and O–H groups in total. The number of aromatic nitrogens is 2. The molecule has 2 aromatic carbocycles. The van der Waals surface area contributed by atoms with Gasteiger partial charge in [0.25, 0.3) is 11.5 Å². The second-order valence-electron chi connectivity index (χ2n) is 7.07. The first-order chi connectivity index (χ1) is 15.3. The van der Waals surface area contributed by atoms with Crippen molar-refractivity contribution in [1.82, 2.24) is 14.9 Å². The fourth-order valence-electron chi connectivity index (χ4n) is 3.11. The van der Waals surface area contributed by atoms with E-state index < -0.39 is 27.3 Å². The normalized spacial score (nSPS) is 14.2. The second-order valence-corrected chi connectivity index (χ2v) is 8.92. The van der Waals surface area contributed by atoms with Crippen LogP contribution in [0.2, 0.25) is 0 Å². The molecule has 1 amide bonds. The molecule has 0 saturated heterocycles. The zero-order chi connectivity index (χ0) is 22.7. The highest BCUT2D eigenvalue weighted by Crippen LogP contribution is 2.20. The van der Waals surface area contributed by atoms with Crippen LogP contribution in [0.4, 0.5) is 10.3 Å². The Kier molecular flexibility index (Phi) is 5.91. The number of rotatable bonds is 6. The summed E-state index contributed by atoms with van der Waals surface area (Å²) in [6.45, 7) is -0.0557. The number of carbonyl (C=O) groups is 1. The Bertz CT molecular complexity index is 1310. The quantitative estimate of drug-likeness (QED) is 0.580. The minimum absolute atomic E-state index is 0.0150. The predicted molar refractivity (Wildman–Crippen MR) is 114 cm³/mol. The second kappa shape index (κ2) is 8.79. The smallest absolute Gasteiger partial charge is 0.298 e. The van der Waals surface area contributed by atoms with Crippen LogP contribution in [-0.4, -0.2) is 29.6 Å². The topological polar surface area (TPSA) is 119 Å². The van der Waals surface area contributed by atoms with Gasteiger partial charge in [0.2, 0.25) is 21.7 Å². The molecule has 0 aliphatic carbocycles. The van der Waals surface area contributed by atoms with Gasteiger partial charge in [-0.3, -0.25) is 18.9 Å². The highest BCUT2D eigenvalue weighted by atomic mass is 32.2. The van der Waals surface area contributed by atoms with Gasteiger partial charge in [-0.15, -0.1) is 0 Å². The van der Waals surface area contributed by atoms with Crippen LogP contribution in [-0.2, 0) is 29.7 Å². The lowest BCUT2D eigenvalue weighted by Crippen LogP contribution is -2.38. The van der Waals surface area contributed by atoms with Crippen LogP contribution in [0.15, 0.2) is 59.4 Å². The maximum absolute atomic E-state index is 13.1. The van der Waals surface area contributed by atoms with Gasteiger partial charge in [-0.25, -0.2) is 17.8 Å². The molecule has 1 aromatic heterocycles. The Hall–Kier alpha value is -3.73. The monoisotopic (exact) mass is 458 g/mol. The van der Waals surface area contributed by atoms with Crippen molar-refractivity contribution >= 4 is 21.9 Å². The van der Waals surface area contributed by atoms with Crippen molar-refractivity contribution < 1.29 is 22.3 Å².